The van der Waals surface area contributed by atoms with Gasteiger partial charge in [0.05, 0.1) is 5.25 Å². The first-order valence-corrected chi connectivity index (χ1v) is 9.34. The lowest BCUT2D eigenvalue weighted by molar-refractivity contribution is 0.265. The summed E-state index contributed by atoms with van der Waals surface area (Å²) in [5.74, 6) is 0.447. The molecule has 20 heavy (non-hydrogen) atoms. The smallest absolute Gasteiger partial charge is 0.215 e. The van der Waals surface area contributed by atoms with Gasteiger partial charge < -0.3 is 10.2 Å². The van der Waals surface area contributed by atoms with E-state index < -0.39 is 10.0 Å². The third-order valence-corrected chi connectivity index (χ3v) is 5.80. The van der Waals surface area contributed by atoms with Crippen LogP contribution in [0.1, 0.15) is 40.5 Å². The van der Waals surface area contributed by atoms with Crippen molar-refractivity contribution in [1.29, 1.82) is 0 Å². The summed E-state index contributed by atoms with van der Waals surface area (Å²) >= 11 is 0. The van der Waals surface area contributed by atoms with Crippen molar-refractivity contribution in [2.24, 2.45) is 5.92 Å². The average Bonchev–Trinajstić information content (AvgIpc) is 2.85. The molecule has 0 spiro atoms. The van der Waals surface area contributed by atoms with Crippen LogP contribution < -0.4 is 10.0 Å². The predicted octanol–water partition coefficient (Wildman–Crippen LogP) is 1.02. The van der Waals surface area contributed by atoms with E-state index in [0.717, 1.165) is 32.5 Å². The van der Waals surface area contributed by atoms with Gasteiger partial charge in [-0.05, 0) is 52.6 Å². The Morgan fingerprint density at radius 2 is 2.00 bits per heavy atom. The molecule has 1 heterocycles. The van der Waals surface area contributed by atoms with Gasteiger partial charge in [0.1, 0.15) is 0 Å². The van der Waals surface area contributed by atoms with Gasteiger partial charge in [-0.3, -0.25) is 0 Å². The number of hydrogen-bond donors (Lipinski definition) is 2. The van der Waals surface area contributed by atoms with Crippen molar-refractivity contribution < 1.29 is 8.42 Å². The van der Waals surface area contributed by atoms with Gasteiger partial charge in [-0.15, -0.1) is 0 Å². The van der Waals surface area contributed by atoms with Gasteiger partial charge in [0.15, 0.2) is 0 Å². The minimum Gasteiger partial charge on any atom is -0.315 e. The molecular weight excluding hydrogens is 274 g/mol. The highest BCUT2D eigenvalue weighted by atomic mass is 32.2. The molecule has 0 saturated carbocycles. The van der Waals surface area contributed by atoms with Crippen LogP contribution in [-0.4, -0.2) is 57.3 Å². The standard InChI is InChI=1S/C14H31N3O2S/c1-5-7-15-9-13(4)20(18,19)16-10-14-6-8-17(11-14)12(2)3/h12-16H,5-11H2,1-4H3. The number of nitrogens with zero attached hydrogens (tertiary/aromatic N) is 1. The van der Waals surface area contributed by atoms with Gasteiger partial charge in [-0.1, -0.05) is 6.92 Å². The molecule has 0 aromatic rings. The molecule has 0 aromatic heterocycles. The lowest BCUT2D eigenvalue weighted by Gasteiger charge is -2.21. The summed E-state index contributed by atoms with van der Waals surface area (Å²) in [4.78, 5) is 2.41. The number of nitrogens with one attached hydrogen (secondary N) is 2. The molecule has 1 aliphatic heterocycles. The normalized spacial score (nSPS) is 22.6. The Bertz CT molecular complexity index is 371. The van der Waals surface area contributed by atoms with E-state index in [9.17, 15) is 8.42 Å². The summed E-state index contributed by atoms with van der Waals surface area (Å²) < 4.78 is 27.1. The van der Waals surface area contributed by atoms with E-state index in [4.69, 9.17) is 0 Å². The first-order chi connectivity index (χ1) is 9.36. The molecule has 1 fully saturated rings. The molecule has 2 atom stereocenters. The van der Waals surface area contributed by atoms with Gasteiger partial charge in [0.25, 0.3) is 0 Å². The number of hydrogen-bond acceptors (Lipinski definition) is 4. The molecular formula is C14H31N3O2S. The summed E-state index contributed by atoms with van der Waals surface area (Å²) in [6.45, 7) is 12.3. The second-order valence-corrected chi connectivity index (χ2v) is 8.34. The van der Waals surface area contributed by atoms with Crippen LogP contribution in [0.15, 0.2) is 0 Å². The lowest BCUT2D eigenvalue weighted by Crippen LogP contribution is -2.41. The zero-order valence-corrected chi connectivity index (χ0v) is 14.2. The number of rotatable bonds is 9. The van der Waals surface area contributed by atoms with Crippen LogP contribution in [0.2, 0.25) is 0 Å². The van der Waals surface area contributed by atoms with E-state index in [1.807, 2.05) is 0 Å². The molecule has 2 N–H and O–H groups in total. The first kappa shape index (κ1) is 17.9. The van der Waals surface area contributed by atoms with Crippen molar-refractivity contribution in [3.8, 4) is 0 Å². The topological polar surface area (TPSA) is 61.4 Å². The molecule has 120 valence electrons. The molecule has 0 amide bonds. The molecule has 1 saturated heterocycles. The maximum atomic E-state index is 12.1. The highest BCUT2D eigenvalue weighted by Gasteiger charge is 2.27. The van der Waals surface area contributed by atoms with E-state index in [2.05, 4.69) is 35.7 Å². The zero-order valence-electron chi connectivity index (χ0n) is 13.4. The quantitative estimate of drug-likeness (QED) is 0.625. The molecule has 0 radical (unpaired) electrons. The Balaban J connectivity index is 2.32. The van der Waals surface area contributed by atoms with Crippen LogP contribution in [0.5, 0.6) is 0 Å². The lowest BCUT2D eigenvalue weighted by atomic mass is 10.1. The van der Waals surface area contributed by atoms with Crippen LogP contribution in [-0.2, 0) is 10.0 Å². The van der Waals surface area contributed by atoms with Crippen molar-refractivity contribution in [3.63, 3.8) is 0 Å². The monoisotopic (exact) mass is 305 g/mol. The fourth-order valence-electron chi connectivity index (χ4n) is 2.47. The fraction of sp³-hybridized carbons (Fsp3) is 1.00. The Morgan fingerprint density at radius 3 is 2.55 bits per heavy atom. The van der Waals surface area contributed by atoms with Crippen LogP contribution in [0.25, 0.3) is 0 Å². The van der Waals surface area contributed by atoms with Crippen molar-refractivity contribution in [2.45, 2.75) is 51.8 Å². The Hall–Kier alpha value is -0.170. The minimum atomic E-state index is -3.20. The Kier molecular flexibility index (Phi) is 7.43. The summed E-state index contributed by atoms with van der Waals surface area (Å²) in [5, 5.41) is 2.79. The molecule has 0 bridgehead atoms. The predicted molar refractivity (Wildman–Crippen MR) is 84.4 cm³/mol. The SMILES string of the molecule is CCCNCC(C)S(=O)(=O)NCC1CCN(C(C)C)C1. The first-order valence-electron chi connectivity index (χ1n) is 7.80. The molecule has 5 nitrogen and oxygen atoms in total. The Morgan fingerprint density at radius 1 is 1.30 bits per heavy atom. The van der Waals surface area contributed by atoms with E-state index in [1.54, 1.807) is 6.92 Å². The zero-order chi connectivity index (χ0) is 15.2. The van der Waals surface area contributed by atoms with Crippen LogP contribution in [0, 0.1) is 5.92 Å². The number of likely N-dealkylation sites (tertiary alicyclic amines) is 1. The van der Waals surface area contributed by atoms with Crippen molar-refractivity contribution in [2.75, 3.05) is 32.7 Å². The molecule has 1 aliphatic rings. The van der Waals surface area contributed by atoms with E-state index in [0.29, 0.717) is 25.0 Å². The maximum Gasteiger partial charge on any atom is 0.215 e. The Labute approximate surface area is 124 Å². The van der Waals surface area contributed by atoms with Crippen LogP contribution >= 0.6 is 0 Å². The molecule has 1 rings (SSSR count). The summed E-state index contributed by atoms with van der Waals surface area (Å²) in [7, 11) is -3.20. The minimum absolute atomic E-state index is 0.378. The average molecular weight is 305 g/mol. The summed E-state index contributed by atoms with van der Waals surface area (Å²) in [5.41, 5.74) is 0. The largest absolute Gasteiger partial charge is 0.315 e. The van der Waals surface area contributed by atoms with Gasteiger partial charge >= 0.3 is 0 Å². The maximum absolute atomic E-state index is 12.1. The highest BCUT2D eigenvalue weighted by Crippen LogP contribution is 2.18. The highest BCUT2D eigenvalue weighted by molar-refractivity contribution is 7.90. The van der Waals surface area contributed by atoms with Gasteiger partial charge in [-0.2, -0.15) is 0 Å². The number of sulfonamides is 1. The third kappa shape index (κ3) is 5.68. The second-order valence-electron chi connectivity index (χ2n) is 6.15. The van der Waals surface area contributed by atoms with Gasteiger partial charge in [0.2, 0.25) is 10.0 Å². The summed E-state index contributed by atoms with van der Waals surface area (Å²) in [6.07, 6.45) is 2.11. The van der Waals surface area contributed by atoms with Gasteiger partial charge in [-0.25, -0.2) is 13.1 Å². The summed E-state index contributed by atoms with van der Waals surface area (Å²) in [6, 6.07) is 0.550. The van der Waals surface area contributed by atoms with E-state index in [-0.39, 0.29) is 5.25 Å². The molecule has 6 heteroatoms. The van der Waals surface area contributed by atoms with Crippen LogP contribution in [0.3, 0.4) is 0 Å². The van der Waals surface area contributed by atoms with Crippen molar-refractivity contribution >= 4 is 10.0 Å². The van der Waals surface area contributed by atoms with Crippen LogP contribution in [0.4, 0.5) is 0 Å². The van der Waals surface area contributed by atoms with Crippen molar-refractivity contribution in [3.05, 3.63) is 0 Å². The molecule has 0 aliphatic carbocycles. The van der Waals surface area contributed by atoms with E-state index in [1.165, 1.54) is 0 Å². The fourth-order valence-corrected chi connectivity index (χ4v) is 3.56. The van der Waals surface area contributed by atoms with Crippen molar-refractivity contribution in [1.82, 2.24) is 14.9 Å². The molecule has 2 unspecified atom stereocenters. The second kappa shape index (κ2) is 8.32. The van der Waals surface area contributed by atoms with Gasteiger partial charge in [0, 0.05) is 25.7 Å². The third-order valence-electron chi connectivity index (χ3n) is 4.01. The molecule has 0 aromatic carbocycles. The van der Waals surface area contributed by atoms with E-state index >= 15 is 0 Å².